The van der Waals surface area contributed by atoms with Crippen molar-refractivity contribution in [2.24, 2.45) is 5.41 Å². The number of aromatic nitrogens is 2. The zero-order valence-electron chi connectivity index (χ0n) is 21.8. The highest BCUT2D eigenvalue weighted by atomic mass is 32.1. The summed E-state index contributed by atoms with van der Waals surface area (Å²) in [4.78, 5) is 47.1. The zero-order chi connectivity index (χ0) is 27.3. The molecule has 200 valence electrons. The SMILES string of the molecule is C=CC(=O)N1CCC2(CC(n3c(NC(=O)c4ccc(-c5ccco5)s4)nc4cc(N(C)C(C)=O)ccc43)C2)C1. The summed E-state index contributed by atoms with van der Waals surface area (Å²) < 4.78 is 7.58. The lowest BCUT2D eigenvalue weighted by Crippen LogP contribution is -2.42. The summed E-state index contributed by atoms with van der Waals surface area (Å²) >= 11 is 1.36. The fourth-order valence-electron chi connectivity index (χ4n) is 5.82. The number of anilines is 2. The van der Waals surface area contributed by atoms with Crippen molar-refractivity contribution >= 4 is 51.7 Å². The van der Waals surface area contributed by atoms with Crippen molar-refractivity contribution in [2.75, 3.05) is 30.4 Å². The highest BCUT2D eigenvalue weighted by Crippen LogP contribution is 2.55. The molecule has 0 bridgehead atoms. The normalized spacial score (nSPS) is 20.3. The van der Waals surface area contributed by atoms with Crippen LogP contribution in [0.1, 0.15) is 41.9 Å². The third kappa shape index (κ3) is 4.44. The molecule has 9 nitrogen and oxygen atoms in total. The van der Waals surface area contributed by atoms with Gasteiger partial charge in [-0.3, -0.25) is 19.7 Å². The maximum absolute atomic E-state index is 13.3. The first-order chi connectivity index (χ1) is 18.8. The van der Waals surface area contributed by atoms with E-state index < -0.39 is 0 Å². The summed E-state index contributed by atoms with van der Waals surface area (Å²) in [6.45, 7) is 6.60. The van der Waals surface area contributed by atoms with Crippen LogP contribution < -0.4 is 10.2 Å². The molecule has 1 aromatic carbocycles. The molecule has 39 heavy (non-hydrogen) atoms. The number of carbonyl (C=O) groups is 3. The number of amides is 3. The number of likely N-dealkylation sites (tertiary alicyclic amines) is 1. The molecule has 10 heteroatoms. The van der Waals surface area contributed by atoms with E-state index in [0.717, 1.165) is 48.4 Å². The molecule has 3 amide bonds. The monoisotopic (exact) mass is 543 g/mol. The first-order valence-corrected chi connectivity index (χ1v) is 13.7. The number of carbonyl (C=O) groups excluding carboxylic acids is 3. The van der Waals surface area contributed by atoms with Crippen molar-refractivity contribution in [3.63, 3.8) is 0 Å². The number of rotatable bonds is 6. The van der Waals surface area contributed by atoms with Crippen LogP contribution in [0.5, 0.6) is 0 Å². The van der Waals surface area contributed by atoms with Gasteiger partial charge in [0.15, 0.2) is 0 Å². The third-order valence-corrected chi connectivity index (χ3v) is 9.08. The van der Waals surface area contributed by atoms with E-state index in [1.54, 1.807) is 24.3 Å². The number of nitrogens with one attached hydrogen (secondary N) is 1. The number of thiophene rings is 1. The third-order valence-electron chi connectivity index (χ3n) is 7.98. The van der Waals surface area contributed by atoms with Crippen molar-refractivity contribution in [3.05, 3.63) is 66.3 Å². The lowest BCUT2D eigenvalue weighted by Gasteiger charge is -2.46. The van der Waals surface area contributed by atoms with Gasteiger partial charge < -0.3 is 18.8 Å². The second kappa shape index (κ2) is 9.53. The van der Waals surface area contributed by atoms with Gasteiger partial charge in [-0.15, -0.1) is 11.3 Å². The minimum absolute atomic E-state index is 0.0247. The number of benzene rings is 1. The molecular weight excluding hydrogens is 514 g/mol. The van der Waals surface area contributed by atoms with E-state index in [9.17, 15) is 14.4 Å². The highest BCUT2D eigenvalue weighted by molar-refractivity contribution is 7.17. The Balaban J connectivity index is 1.30. The van der Waals surface area contributed by atoms with Crippen LogP contribution in [0.15, 0.2) is 65.8 Å². The predicted octanol–water partition coefficient (Wildman–Crippen LogP) is 5.33. The molecule has 2 fully saturated rings. The molecule has 2 aliphatic rings. The van der Waals surface area contributed by atoms with Crippen molar-refractivity contribution < 1.29 is 18.8 Å². The van der Waals surface area contributed by atoms with Gasteiger partial charge in [0.1, 0.15) is 5.76 Å². The van der Waals surface area contributed by atoms with E-state index in [1.807, 2.05) is 41.3 Å². The molecule has 4 aromatic rings. The Morgan fingerprint density at radius 3 is 2.77 bits per heavy atom. The predicted molar refractivity (Wildman–Crippen MR) is 151 cm³/mol. The molecule has 1 aliphatic heterocycles. The molecule has 1 aliphatic carbocycles. The molecule has 3 aromatic heterocycles. The summed E-state index contributed by atoms with van der Waals surface area (Å²) in [7, 11) is 1.72. The molecule has 0 unspecified atom stereocenters. The summed E-state index contributed by atoms with van der Waals surface area (Å²) in [6.07, 6.45) is 5.72. The molecule has 1 saturated carbocycles. The number of nitrogens with zero attached hydrogens (tertiary/aromatic N) is 4. The average Bonchev–Trinajstić information content (AvgIpc) is 3.70. The summed E-state index contributed by atoms with van der Waals surface area (Å²) in [5.41, 5.74) is 2.40. The van der Waals surface area contributed by atoms with Gasteiger partial charge in [-0.25, -0.2) is 4.98 Å². The maximum atomic E-state index is 13.3. The fourth-order valence-corrected chi connectivity index (χ4v) is 6.69. The molecule has 0 radical (unpaired) electrons. The second-order valence-electron chi connectivity index (χ2n) is 10.4. The van der Waals surface area contributed by atoms with Crippen molar-refractivity contribution in [1.29, 1.82) is 0 Å². The van der Waals surface area contributed by atoms with Gasteiger partial charge in [-0.2, -0.15) is 0 Å². The van der Waals surface area contributed by atoms with Gasteiger partial charge >= 0.3 is 0 Å². The number of hydrogen-bond acceptors (Lipinski definition) is 6. The number of imidazole rings is 1. The minimum Gasteiger partial charge on any atom is -0.464 e. The first-order valence-electron chi connectivity index (χ1n) is 12.9. The lowest BCUT2D eigenvalue weighted by molar-refractivity contribution is -0.125. The number of furan rings is 1. The van der Waals surface area contributed by atoms with E-state index in [2.05, 4.69) is 16.5 Å². The van der Waals surface area contributed by atoms with E-state index in [0.29, 0.717) is 22.1 Å². The fraction of sp³-hybridized carbons (Fsp3) is 0.310. The molecular formula is C29H29N5O4S. The van der Waals surface area contributed by atoms with Crippen LogP contribution >= 0.6 is 11.3 Å². The summed E-state index contributed by atoms with van der Waals surface area (Å²) in [6, 6.07) is 13.2. The Morgan fingerprint density at radius 1 is 1.23 bits per heavy atom. The first kappa shape index (κ1) is 25.1. The Labute approximate surface area is 229 Å². The molecule has 1 spiro atoms. The Morgan fingerprint density at radius 2 is 2.05 bits per heavy atom. The van der Waals surface area contributed by atoms with Crippen LogP contribution in [0.25, 0.3) is 21.7 Å². The van der Waals surface area contributed by atoms with Crippen molar-refractivity contribution in [3.8, 4) is 10.6 Å². The van der Waals surface area contributed by atoms with Crippen LogP contribution in [-0.4, -0.2) is 52.3 Å². The van der Waals surface area contributed by atoms with Crippen LogP contribution in [0.4, 0.5) is 11.6 Å². The minimum atomic E-state index is -0.243. The zero-order valence-corrected chi connectivity index (χ0v) is 22.7. The molecule has 1 saturated heterocycles. The van der Waals surface area contributed by atoms with Gasteiger partial charge in [-0.1, -0.05) is 6.58 Å². The second-order valence-corrected chi connectivity index (χ2v) is 11.5. The Bertz CT molecular complexity index is 1590. The van der Waals surface area contributed by atoms with Gasteiger partial charge in [0.25, 0.3) is 5.91 Å². The van der Waals surface area contributed by atoms with E-state index >= 15 is 0 Å². The van der Waals surface area contributed by atoms with Crippen LogP contribution in [0.3, 0.4) is 0 Å². The highest BCUT2D eigenvalue weighted by Gasteiger charge is 2.50. The number of hydrogen-bond donors (Lipinski definition) is 1. The van der Waals surface area contributed by atoms with Crippen LogP contribution in [0.2, 0.25) is 0 Å². The van der Waals surface area contributed by atoms with Gasteiger partial charge in [0.05, 0.1) is 27.1 Å². The average molecular weight is 544 g/mol. The van der Waals surface area contributed by atoms with Crippen molar-refractivity contribution in [1.82, 2.24) is 14.5 Å². The summed E-state index contributed by atoms with van der Waals surface area (Å²) in [5.74, 6) is 0.848. The molecule has 6 rings (SSSR count). The van der Waals surface area contributed by atoms with Gasteiger partial charge in [0.2, 0.25) is 17.8 Å². The van der Waals surface area contributed by atoms with E-state index in [-0.39, 0.29) is 29.2 Å². The van der Waals surface area contributed by atoms with Crippen molar-refractivity contribution in [2.45, 2.75) is 32.2 Å². The van der Waals surface area contributed by atoms with Gasteiger partial charge in [-0.05, 0) is 73.2 Å². The van der Waals surface area contributed by atoms with E-state index in [4.69, 9.17) is 9.40 Å². The van der Waals surface area contributed by atoms with Gasteiger partial charge in [0, 0.05) is 38.8 Å². The Kier molecular flexibility index (Phi) is 6.14. The molecule has 1 N–H and O–H groups in total. The lowest BCUT2D eigenvalue weighted by atomic mass is 9.65. The number of fused-ring (bicyclic) bond motifs is 1. The molecule has 0 atom stereocenters. The smallest absolute Gasteiger partial charge is 0.268 e. The standard InChI is InChI=1S/C29H29N5O4S/c1-4-26(36)33-12-11-29(17-33)15-20(16-29)34-22-8-7-19(32(3)18(2)35)14-21(22)30-28(34)31-27(37)25-10-9-24(39-25)23-6-5-13-38-23/h4-10,13-14,20H,1,11-12,15-17H2,2-3H3,(H,30,31,37). The summed E-state index contributed by atoms with van der Waals surface area (Å²) in [5, 5.41) is 3.04. The maximum Gasteiger partial charge on any atom is 0.268 e. The largest absolute Gasteiger partial charge is 0.464 e. The quantitative estimate of drug-likeness (QED) is 0.331. The van der Waals surface area contributed by atoms with Crippen LogP contribution in [0, 0.1) is 5.41 Å². The topological polar surface area (TPSA) is 101 Å². The molecule has 4 heterocycles. The Hall–Kier alpha value is -4.18. The van der Waals surface area contributed by atoms with E-state index in [1.165, 1.54) is 24.3 Å². The van der Waals surface area contributed by atoms with Crippen LogP contribution in [-0.2, 0) is 9.59 Å².